The van der Waals surface area contributed by atoms with Crippen LogP contribution in [0.2, 0.25) is 0 Å². The first-order valence-corrected chi connectivity index (χ1v) is 13.1. The molecule has 3 atom stereocenters. The van der Waals surface area contributed by atoms with E-state index in [9.17, 15) is 4.79 Å². The van der Waals surface area contributed by atoms with E-state index in [1.165, 1.54) is 27.5 Å². The van der Waals surface area contributed by atoms with Crippen molar-refractivity contribution < 1.29 is 14.6 Å². The summed E-state index contributed by atoms with van der Waals surface area (Å²) in [6.07, 6.45) is 5.11. The van der Waals surface area contributed by atoms with E-state index in [0.717, 1.165) is 37.0 Å². The van der Waals surface area contributed by atoms with Crippen molar-refractivity contribution in [3.05, 3.63) is 113 Å². The van der Waals surface area contributed by atoms with Crippen LogP contribution in [0.25, 0.3) is 10.8 Å². The van der Waals surface area contributed by atoms with Gasteiger partial charge in [0.05, 0.1) is 6.10 Å². The zero-order valence-electron chi connectivity index (χ0n) is 21.3. The monoisotopic (exact) mass is 514 g/mol. The van der Waals surface area contributed by atoms with Gasteiger partial charge < -0.3 is 9.84 Å². The summed E-state index contributed by atoms with van der Waals surface area (Å²) in [4.78, 5) is 11.1. The molecule has 192 valence electrons. The maximum Gasteiger partial charge on any atom is 0.303 e. The normalized spacial score (nSPS) is 17.3. The van der Waals surface area contributed by atoms with E-state index in [2.05, 4.69) is 85.8 Å². The van der Waals surface area contributed by atoms with Gasteiger partial charge in [-0.25, -0.2) is 0 Å². The molecule has 1 N–H and O–H groups in total. The van der Waals surface area contributed by atoms with Crippen molar-refractivity contribution in [1.29, 1.82) is 0 Å². The molecule has 0 saturated carbocycles. The second kappa shape index (κ2) is 12.3. The molecular weight excluding hydrogens is 480 g/mol. The molecule has 4 heteroatoms. The summed E-state index contributed by atoms with van der Waals surface area (Å²) >= 11 is 0. The molecule has 0 saturated heterocycles. The second-order valence-corrected chi connectivity index (χ2v) is 10.1. The second-order valence-electron chi connectivity index (χ2n) is 10.1. The summed E-state index contributed by atoms with van der Waals surface area (Å²) in [5.41, 5.74) is 4.99. The molecule has 5 rings (SSSR count). The Hall–Kier alpha value is -3.30. The smallest absolute Gasteiger partial charge is 0.303 e. The van der Waals surface area contributed by atoms with Gasteiger partial charge in [-0.1, -0.05) is 91.9 Å². The molecule has 0 fully saturated rings. The van der Waals surface area contributed by atoms with Crippen LogP contribution >= 0.6 is 12.4 Å². The number of benzene rings is 4. The van der Waals surface area contributed by atoms with Crippen LogP contribution in [0.1, 0.15) is 73.1 Å². The summed E-state index contributed by atoms with van der Waals surface area (Å²) in [5, 5.41) is 11.8. The summed E-state index contributed by atoms with van der Waals surface area (Å²) < 4.78 is 6.47. The van der Waals surface area contributed by atoms with Gasteiger partial charge in [0.1, 0.15) is 5.75 Å². The standard InChI is InChI=1S/C33H34O3.ClH/c1-23(28-17-8-12-25-11-2-3-15-29(25)28)9-6-14-27-22-31(30-16-4-5-18-32(30)36-27)26-13-7-10-24(21-26)19-20-33(34)35;/h2-5,7-8,10-13,15-18,21,23,27,31H,6,9,14,19-20,22H2,1H3,(H,34,35);1H/t23-,27?,31?;/m0./s1. The van der Waals surface area contributed by atoms with Crippen molar-refractivity contribution in [3.63, 3.8) is 0 Å². The highest BCUT2D eigenvalue weighted by molar-refractivity contribution is 5.86. The van der Waals surface area contributed by atoms with E-state index in [1.807, 2.05) is 12.1 Å². The van der Waals surface area contributed by atoms with Crippen LogP contribution in [0.5, 0.6) is 5.75 Å². The zero-order valence-corrected chi connectivity index (χ0v) is 22.1. The van der Waals surface area contributed by atoms with Gasteiger partial charge in [0, 0.05) is 17.9 Å². The Morgan fingerprint density at radius 2 is 1.73 bits per heavy atom. The van der Waals surface area contributed by atoms with Crippen LogP contribution in [0, 0.1) is 0 Å². The fourth-order valence-corrected chi connectivity index (χ4v) is 5.69. The van der Waals surface area contributed by atoms with Gasteiger partial charge in [-0.05, 0) is 71.6 Å². The van der Waals surface area contributed by atoms with Crippen LogP contribution in [0.15, 0.2) is 91.0 Å². The molecule has 0 spiro atoms. The number of carbonyl (C=O) groups is 1. The van der Waals surface area contributed by atoms with Crippen molar-refractivity contribution in [3.8, 4) is 5.75 Å². The molecule has 0 amide bonds. The zero-order chi connectivity index (χ0) is 24.9. The molecule has 37 heavy (non-hydrogen) atoms. The van der Waals surface area contributed by atoms with E-state index in [4.69, 9.17) is 9.84 Å². The fourth-order valence-electron chi connectivity index (χ4n) is 5.69. The molecule has 2 unspecified atom stereocenters. The highest BCUT2D eigenvalue weighted by Crippen LogP contribution is 2.42. The number of hydrogen-bond acceptors (Lipinski definition) is 2. The highest BCUT2D eigenvalue weighted by Gasteiger charge is 2.29. The lowest BCUT2D eigenvalue weighted by Crippen LogP contribution is -2.26. The van der Waals surface area contributed by atoms with Crippen molar-refractivity contribution >= 4 is 29.1 Å². The molecule has 1 aliphatic heterocycles. The summed E-state index contributed by atoms with van der Waals surface area (Å²) in [6, 6.07) is 32.1. The van der Waals surface area contributed by atoms with Crippen LogP contribution in [-0.4, -0.2) is 17.2 Å². The fraction of sp³-hybridized carbons (Fsp3) is 0.303. The van der Waals surface area contributed by atoms with Gasteiger partial charge in [-0.3, -0.25) is 4.79 Å². The van der Waals surface area contributed by atoms with Crippen molar-refractivity contribution in [1.82, 2.24) is 0 Å². The van der Waals surface area contributed by atoms with E-state index in [-0.39, 0.29) is 30.8 Å². The SMILES string of the molecule is C[C@@H](CCCC1CC(c2cccc(CCC(=O)O)c2)c2ccccc2O1)c1cccc2ccccc12.Cl. The third-order valence-electron chi connectivity index (χ3n) is 7.59. The van der Waals surface area contributed by atoms with Gasteiger partial charge in [0.25, 0.3) is 0 Å². The number of aliphatic carboxylic acids is 1. The Balaban J connectivity index is 0.00000320. The largest absolute Gasteiger partial charge is 0.490 e. The van der Waals surface area contributed by atoms with Crippen LogP contribution in [0.3, 0.4) is 0 Å². The number of rotatable bonds is 9. The Kier molecular flexibility index (Phi) is 8.89. The molecule has 4 aromatic carbocycles. The number of carboxylic acids is 1. The molecule has 4 aromatic rings. The topological polar surface area (TPSA) is 46.5 Å². The molecule has 0 aromatic heterocycles. The third kappa shape index (κ3) is 6.34. The minimum absolute atomic E-state index is 0. The number of halogens is 1. The first-order valence-electron chi connectivity index (χ1n) is 13.1. The first kappa shape index (κ1) is 26.8. The minimum Gasteiger partial charge on any atom is -0.490 e. The number of aryl methyl sites for hydroxylation is 1. The number of hydrogen-bond donors (Lipinski definition) is 1. The number of fused-ring (bicyclic) bond motifs is 2. The van der Waals surface area contributed by atoms with E-state index in [0.29, 0.717) is 12.3 Å². The summed E-state index contributed by atoms with van der Waals surface area (Å²) in [5.74, 6) is 0.986. The Morgan fingerprint density at radius 1 is 0.973 bits per heavy atom. The molecular formula is C33H35ClO3. The van der Waals surface area contributed by atoms with Crippen LogP contribution in [0.4, 0.5) is 0 Å². The Morgan fingerprint density at radius 3 is 2.59 bits per heavy atom. The van der Waals surface area contributed by atoms with Gasteiger partial charge >= 0.3 is 5.97 Å². The van der Waals surface area contributed by atoms with Gasteiger partial charge in [0.2, 0.25) is 0 Å². The quantitative estimate of drug-likeness (QED) is 0.243. The van der Waals surface area contributed by atoms with E-state index >= 15 is 0 Å². The lowest BCUT2D eigenvalue weighted by Gasteiger charge is -2.33. The summed E-state index contributed by atoms with van der Waals surface area (Å²) in [7, 11) is 0. The number of ether oxygens (including phenoxy) is 1. The van der Waals surface area contributed by atoms with E-state index in [1.54, 1.807) is 0 Å². The van der Waals surface area contributed by atoms with Crippen LogP contribution in [-0.2, 0) is 11.2 Å². The lowest BCUT2D eigenvalue weighted by atomic mass is 9.82. The van der Waals surface area contributed by atoms with Gasteiger partial charge in [-0.15, -0.1) is 12.4 Å². The molecule has 0 radical (unpaired) electrons. The Labute approximate surface area is 225 Å². The average molecular weight is 515 g/mol. The maximum absolute atomic E-state index is 11.1. The van der Waals surface area contributed by atoms with Crippen molar-refractivity contribution in [2.24, 2.45) is 0 Å². The van der Waals surface area contributed by atoms with Crippen LogP contribution < -0.4 is 4.74 Å². The molecule has 0 aliphatic carbocycles. The molecule has 1 aliphatic rings. The predicted octanol–water partition coefficient (Wildman–Crippen LogP) is 8.54. The highest BCUT2D eigenvalue weighted by atomic mass is 35.5. The van der Waals surface area contributed by atoms with Crippen molar-refractivity contribution in [2.75, 3.05) is 0 Å². The van der Waals surface area contributed by atoms with Gasteiger partial charge in [-0.2, -0.15) is 0 Å². The molecule has 0 bridgehead atoms. The number of carboxylic acid groups (broad SMARTS) is 1. The first-order chi connectivity index (χ1) is 17.6. The van der Waals surface area contributed by atoms with Crippen molar-refractivity contribution in [2.45, 2.75) is 63.4 Å². The Bertz CT molecular complexity index is 1340. The minimum atomic E-state index is -0.755. The molecule has 1 heterocycles. The summed E-state index contributed by atoms with van der Waals surface area (Å²) in [6.45, 7) is 2.34. The third-order valence-corrected chi connectivity index (χ3v) is 7.59. The average Bonchev–Trinajstić information content (AvgIpc) is 2.91. The lowest BCUT2D eigenvalue weighted by molar-refractivity contribution is -0.136. The maximum atomic E-state index is 11.1. The predicted molar refractivity (Wildman–Crippen MR) is 153 cm³/mol. The van der Waals surface area contributed by atoms with E-state index < -0.39 is 5.97 Å². The number of para-hydroxylation sites is 1. The molecule has 3 nitrogen and oxygen atoms in total. The van der Waals surface area contributed by atoms with Gasteiger partial charge in [0.15, 0.2) is 0 Å².